The van der Waals surface area contributed by atoms with Crippen LogP contribution in [-0.2, 0) is 9.15 Å². The molecule has 1 fully saturated rings. The highest BCUT2D eigenvalue weighted by atomic mass is 33.1. The number of nitrogens with zero attached hydrogens (tertiary/aromatic N) is 1. The fourth-order valence-corrected chi connectivity index (χ4v) is 2.77. The van der Waals surface area contributed by atoms with E-state index in [1.807, 2.05) is 0 Å². The zero-order chi connectivity index (χ0) is 11.3. The van der Waals surface area contributed by atoms with Gasteiger partial charge in [0.2, 0.25) is 0 Å². The van der Waals surface area contributed by atoms with Crippen molar-refractivity contribution in [2.24, 2.45) is 10.7 Å². The average Bonchev–Trinajstić information content (AvgIpc) is 2.15. The molecule has 15 heavy (non-hydrogen) atoms. The van der Waals surface area contributed by atoms with Crippen LogP contribution in [0, 0.1) is 0 Å². The highest BCUT2D eigenvalue weighted by molar-refractivity contribution is 8.70. The molecule has 3 N–H and O–H groups in total. The van der Waals surface area contributed by atoms with E-state index >= 15 is 0 Å². The molecule has 0 aromatic rings. The Hall–Kier alpha value is -0.270. The predicted molar refractivity (Wildman–Crippen MR) is 62.5 cm³/mol. The van der Waals surface area contributed by atoms with E-state index in [4.69, 9.17) is 10.3 Å². The Balaban J connectivity index is 2.37. The fourth-order valence-electron chi connectivity index (χ4n) is 1.62. The van der Waals surface area contributed by atoms with E-state index in [9.17, 15) is 8.42 Å². The van der Waals surface area contributed by atoms with Crippen LogP contribution in [0.5, 0.6) is 0 Å². The lowest BCUT2D eigenvalue weighted by Gasteiger charge is -2.18. The first-order valence-corrected chi connectivity index (χ1v) is 7.85. The molecule has 0 saturated heterocycles. The smallest absolute Gasteiger partial charge is 0.320 e. The number of hydrogen-bond donors (Lipinski definition) is 2. The number of rotatable bonds is 4. The van der Waals surface area contributed by atoms with Gasteiger partial charge in [-0.15, -0.1) is 0 Å². The van der Waals surface area contributed by atoms with E-state index in [1.165, 1.54) is 6.42 Å². The summed E-state index contributed by atoms with van der Waals surface area (Å²) in [5.41, 5.74) is 5.57. The van der Waals surface area contributed by atoms with Gasteiger partial charge in [-0.25, -0.2) is 0 Å². The number of amidine groups is 1. The Labute approximate surface area is 93.7 Å². The Morgan fingerprint density at radius 3 is 2.53 bits per heavy atom. The van der Waals surface area contributed by atoms with Crippen molar-refractivity contribution in [2.75, 3.05) is 5.75 Å². The van der Waals surface area contributed by atoms with Crippen molar-refractivity contribution in [1.29, 1.82) is 0 Å². The fraction of sp³-hybridized carbons (Fsp3) is 0.875. The maximum Gasteiger partial charge on any atom is 0.320 e. The molecule has 0 aliphatic heterocycles. The van der Waals surface area contributed by atoms with E-state index in [2.05, 4.69) is 4.99 Å². The van der Waals surface area contributed by atoms with Crippen molar-refractivity contribution < 1.29 is 13.0 Å². The molecule has 0 bridgehead atoms. The zero-order valence-electron chi connectivity index (χ0n) is 8.42. The molecule has 0 unspecified atom stereocenters. The van der Waals surface area contributed by atoms with E-state index in [0.29, 0.717) is 16.6 Å². The maximum absolute atomic E-state index is 10.4. The molecule has 0 aromatic heterocycles. The van der Waals surface area contributed by atoms with Gasteiger partial charge in [-0.1, -0.05) is 19.3 Å². The lowest BCUT2D eigenvalue weighted by atomic mass is 9.96. The number of nitrogens with two attached hydrogens (primary N) is 1. The van der Waals surface area contributed by atoms with Crippen LogP contribution in [0.4, 0.5) is 0 Å². The summed E-state index contributed by atoms with van der Waals surface area (Å²) in [7, 11) is -3.60. The van der Waals surface area contributed by atoms with Crippen molar-refractivity contribution in [1.82, 2.24) is 0 Å². The van der Waals surface area contributed by atoms with Gasteiger partial charge in [0.1, 0.15) is 5.84 Å². The van der Waals surface area contributed by atoms with Gasteiger partial charge in [-0.3, -0.25) is 9.55 Å². The van der Waals surface area contributed by atoms with E-state index in [-0.39, 0.29) is 11.8 Å². The minimum absolute atomic E-state index is 0.0370. The van der Waals surface area contributed by atoms with Crippen LogP contribution < -0.4 is 5.73 Å². The predicted octanol–water partition coefficient (Wildman–Crippen LogP) is 1.21. The second kappa shape index (κ2) is 5.72. The highest BCUT2D eigenvalue weighted by Gasteiger charge is 2.13. The molecular weight excluding hydrogens is 236 g/mol. The lowest BCUT2D eigenvalue weighted by molar-refractivity contribution is 0.443. The van der Waals surface area contributed by atoms with Crippen molar-refractivity contribution in [2.45, 2.75) is 38.1 Å². The van der Waals surface area contributed by atoms with Crippen LogP contribution in [0.2, 0.25) is 0 Å². The van der Waals surface area contributed by atoms with Crippen LogP contribution in [0.3, 0.4) is 0 Å². The molecule has 0 radical (unpaired) electrons. The standard InChI is InChI=1S/C8H16N2O3S2/c9-8(6-14-15(11,12)13)10-7-4-2-1-3-5-7/h7H,1-6H2,(H2,9,10)(H,11,12,13). The van der Waals surface area contributed by atoms with Gasteiger partial charge < -0.3 is 5.73 Å². The van der Waals surface area contributed by atoms with E-state index in [1.54, 1.807) is 0 Å². The summed E-state index contributed by atoms with van der Waals surface area (Å²) in [6.07, 6.45) is 5.61. The molecule has 0 atom stereocenters. The second-order valence-electron chi connectivity index (χ2n) is 3.60. The summed E-state index contributed by atoms with van der Waals surface area (Å²) in [6, 6.07) is 0.237. The molecule has 5 nitrogen and oxygen atoms in total. The second-order valence-corrected chi connectivity index (χ2v) is 6.95. The van der Waals surface area contributed by atoms with Crippen molar-refractivity contribution in [3.8, 4) is 0 Å². The number of hydrogen-bond acceptors (Lipinski definition) is 4. The summed E-state index contributed by atoms with van der Waals surface area (Å²) in [5.74, 6) is 0.333. The first-order valence-electron chi connectivity index (χ1n) is 4.91. The summed E-state index contributed by atoms with van der Waals surface area (Å²) >= 11 is 0. The molecule has 7 heteroatoms. The third-order valence-electron chi connectivity index (χ3n) is 2.28. The van der Waals surface area contributed by atoms with Crippen molar-refractivity contribution >= 4 is 25.8 Å². The minimum Gasteiger partial charge on any atom is -0.387 e. The Morgan fingerprint density at radius 1 is 1.40 bits per heavy atom. The zero-order valence-corrected chi connectivity index (χ0v) is 10.1. The quantitative estimate of drug-likeness (QED) is 0.339. The third kappa shape index (κ3) is 6.01. The molecule has 0 aromatic carbocycles. The van der Waals surface area contributed by atoms with Gasteiger partial charge in [0.25, 0.3) is 0 Å². The number of aliphatic imine (C=N–C) groups is 1. The monoisotopic (exact) mass is 252 g/mol. The van der Waals surface area contributed by atoms with Crippen LogP contribution in [0.1, 0.15) is 32.1 Å². The molecule has 1 aliphatic carbocycles. The molecule has 88 valence electrons. The van der Waals surface area contributed by atoms with Crippen LogP contribution in [0.15, 0.2) is 4.99 Å². The van der Waals surface area contributed by atoms with Crippen LogP contribution in [-0.4, -0.2) is 30.6 Å². The van der Waals surface area contributed by atoms with Gasteiger partial charge in [0, 0.05) is 10.8 Å². The summed E-state index contributed by atoms with van der Waals surface area (Å²) in [4.78, 5) is 4.24. The normalized spacial score (nSPS) is 20.5. The Morgan fingerprint density at radius 2 is 2.00 bits per heavy atom. The molecule has 1 saturated carbocycles. The van der Waals surface area contributed by atoms with Gasteiger partial charge in [0.05, 0.1) is 11.8 Å². The summed E-state index contributed by atoms with van der Waals surface area (Å²) in [6.45, 7) is 0. The van der Waals surface area contributed by atoms with Crippen molar-refractivity contribution in [3.63, 3.8) is 0 Å². The first kappa shape index (κ1) is 12.8. The van der Waals surface area contributed by atoms with Gasteiger partial charge in [0.15, 0.2) is 0 Å². The average molecular weight is 252 g/mol. The largest absolute Gasteiger partial charge is 0.387 e. The lowest BCUT2D eigenvalue weighted by Crippen LogP contribution is -2.21. The van der Waals surface area contributed by atoms with Gasteiger partial charge in [-0.2, -0.15) is 8.42 Å². The molecule has 1 rings (SSSR count). The molecule has 0 amide bonds. The van der Waals surface area contributed by atoms with Crippen LogP contribution in [0.25, 0.3) is 0 Å². The maximum atomic E-state index is 10.4. The Kier molecular flexibility index (Phi) is 4.88. The van der Waals surface area contributed by atoms with Gasteiger partial charge >= 0.3 is 9.15 Å². The summed E-state index contributed by atoms with van der Waals surface area (Å²) in [5, 5.41) is 0. The van der Waals surface area contributed by atoms with E-state index in [0.717, 1.165) is 25.7 Å². The molecule has 0 heterocycles. The topological polar surface area (TPSA) is 92.8 Å². The molecule has 0 spiro atoms. The van der Waals surface area contributed by atoms with Crippen molar-refractivity contribution in [3.05, 3.63) is 0 Å². The molecule has 1 aliphatic rings. The highest BCUT2D eigenvalue weighted by Crippen LogP contribution is 2.20. The van der Waals surface area contributed by atoms with E-state index < -0.39 is 9.15 Å². The summed E-state index contributed by atoms with van der Waals surface area (Å²) < 4.78 is 29.4. The first-order chi connectivity index (χ1) is 6.97. The Bertz CT molecular complexity index is 321. The van der Waals surface area contributed by atoms with Gasteiger partial charge in [-0.05, 0) is 12.8 Å². The minimum atomic E-state index is -4.00. The molecular formula is C8H16N2O3S2. The SMILES string of the molecule is NC(CSS(=O)(=O)O)=NC1CCCCC1. The van der Waals surface area contributed by atoms with Crippen LogP contribution >= 0.6 is 10.8 Å². The third-order valence-corrected chi connectivity index (χ3v) is 4.24.